The van der Waals surface area contributed by atoms with Crippen LogP contribution in [0.3, 0.4) is 0 Å². The van der Waals surface area contributed by atoms with Crippen LogP contribution in [0.2, 0.25) is 0 Å². The van der Waals surface area contributed by atoms with Crippen molar-refractivity contribution in [3.05, 3.63) is 17.7 Å². The number of guanidine groups is 1. The number of phenolic OH excluding ortho intramolecular Hbond substituents is 2. The van der Waals surface area contributed by atoms with Gasteiger partial charge in [-0.2, -0.15) is 0 Å². The predicted octanol–water partition coefficient (Wildman–Crippen LogP) is -0.495. The molecule has 1 aromatic rings. The monoisotopic (exact) mass is 255 g/mol. The molecule has 0 bridgehead atoms. The number of rotatable bonds is 4. The van der Waals surface area contributed by atoms with E-state index >= 15 is 0 Å². The van der Waals surface area contributed by atoms with Crippen LogP contribution >= 0.6 is 0 Å². The second-order valence-electron chi connectivity index (χ2n) is 3.39. The number of aromatic hydroxyl groups is 2. The molecule has 0 heterocycles. The summed E-state index contributed by atoms with van der Waals surface area (Å²) < 4.78 is 4.72. The summed E-state index contributed by atoms with van der Waals surface area (Å²) in [6.45, 7) is 0. The van der Waals surface area contributed by atoms with Gasteiger partial charge in [0.1, 0.15) is 0 Å². The van der Waals surface area contributed by atoms with E-state index in [9.17, 15) is 15.0 Å². The highest BCUT2D eigenvalue weighted by Crippen LogP contribution is 2.38. The highest BCUT2D eigenvalue weighted by atomic mass is 16.5. The topological polar surface area (TPSA) is 151 Å². The van der Waals surface area contributed by atoms with Crippen molar-refractivity contribution in [1.82, 2.24) is 0 Å². The number of aliphatic imine (C=N–C) groups is 1. The number of aliphatic carboxylic acids is 1. The third-order valence-electron chi connectivity index (χ3n) is 2.10. The van der Waals surface area contributed by atoms with Gasteiger partial charge in [0.15, 0.2) is 23.5 Å². The van der Waals surface area contributed by atoms with Crippen LogP contribution in [-0.4, -0.2) is 34.4 Å². The van der Waals surface area contributed by atoms with E-state index in [1.807, 2.05) is 0 Å². The van der Waals surface area contributed by atoms with E-state index in [0.717, 1.165) is 12.1 Å². The number of ether oxygens (including phenoxy) is 1. The van der Waals surface area contributed by atoms with Crippen LogP contribution in [0.15, 0.2) is 17.1 Å². The van der Waals surface area contributed by atoms with Gasteiger partial charge in [-0.1, -0.05) is 0 Å². The van der Waals surface area contributed by atoms with Gasteiger partial charge in [0, 0.05) is 0 Å². The van der Waals surface area contributed by atoms with Gasteiger partial charge in [0.05, 0.1) is 7.11 Å². The molecule has 0 radical (unpaired) electrons. The Kier molecular flexibility index (Phi) is 3.82. The minimum absolute atomic E-state index is 0.0201. The zero-order valence-corrected chi connectivity index (χ0v) is 9.49. The molecule has 0 saturated carbocycles. The quantitative estimate of drug-likeness (QED) is 0.359. The van der Waals surface area contributed by atoms with E-state index in [-0.39, 0.29) is 11.3 Å². The molecule has 8 heteroatoms. The minimum atomic E-state index is -1.42. The first-order valence-corrected chi connectivity index (χ1v) is 4.78. The molecule has 0 unspecified atom stereocenters. The molecule has 0 saturated heterocycles. The van der Waals surface area contributed by atoms with Crippen molar-refractivity contribution in [1.29, 1.82) is 0 Å². The highest BCUT2D eigenvalue weighted by Gasteiger charge is 2.22. The largest absolute Gasteiger partial charge is 0.504 e. The first kappa shape index (κ1) is 13.4. The van der Waals surface area contributed by atoms with E-state index in [0.29, 0.717) is 0 Å². The van der Waals surface area contributed by atoms with Crippen LogP contribution in [0.25, 0.3) is 0 Å². The molecular weight excluding hydrogens is 242 g/mol. The van der Waals surface area contributed by atoms with Gasteiger partial charge in [-0.25, -0.2) is 9.79 Å². The van der Waals surface area contributed by atoms with Gasteiger partial charge in [-0.15, -0.1) is 0 Å². The standard InChI is InChI=1S/C10H13N3O5/c1-18-8-5(14)2-4(3-6(8)15)7(9(16)17)13-10(11)12/h2-3,7,14-15H,1H3,(H,16,17)(H4,11,12,13)/t7-/m0/s1. The van der Waals surface area contributed by atoms with Crippen LogP contribution in [0.4, 0.5) is 0 Å². The molecule has 0 spiro atoms. The number of phenols is 2. The number of carboxylic acids is 1. The molecular formula is C10H13N3O5. The van der Waals surface area contributed by atoms with Gasteiger partial charge in [0.2, 0.25) is 5.75 Å². The van der Waals surface area contributed by atoms with E-state index in [1.54, 1.807) is 0 Å². The van der Waals surface area contributed by atoms with Crippen LogP contribution in [0.1, 0.15) is 11.6 Å². The molecule has 0 amide bonds. The number of carbonyl (C=O) groups is 1. The van der Waals surface area contributed by atoms with Gasteiger partial charge in [-0.05, 0) is 17.7 Å². The first-order valence-electron chi connectivity index (χ1n) is 4.78. The fourth-order valence-electron chi connectivity index (χ4n) is 1.41. The fourth-order valence-corrected chi connectivity index (χ4v) is 1.41. The van der Waals surface area contributed by atoms with E-state index in [4.69, 9.17) is 21.3 Å². The smallest absolute Gasteiger partial charge is 0.333 e. The number of benzene rings is 1. The number of hydrogen-bond acceptors (Lipinski definition) is 5. The van der Waals surface area contributed by atoms with Crippen LogP contribution in [-0.2, 0) is 4.79 Å². The van der Waals surface area contributed by atoms with Gasteiger partial charge >= 0.3 is 5.97 Å². The van der Waals surface area contributed by atoms with E-state index in [1.165, 1.54) is 7.11 Å². The molecule has 0 aliphatic heterocycles. The Bertz CT molecular complexity index is 473. The third-order valence-corrected chi connectivity index (χ3v) is 2.10. The summed E-state index contributed by atoms with van der Waals surface area (Å²) in [5.74, 6) is -2.73. The maximum atomic E-state index is 11.0. The number of nitrogens with zero attached hydrogens (tertiary/aromatic N) is 1. The lowest BCUT2D eigenvalue weighted by Gasteiger charge is -2.12. The van der Waals surface area contributed by atoms with Crippen molar-refractivity contribution in [2.75, 3.05) is 7.11 Å². The van der Waals surface area contributed by atoms with Crippen LogP contribution < -0.4 is 16.2 Å². The molecule has 1 atom stereocenters. The maximum absolute atomic E-state index is 11.0. The minimum Gasteiger partial charge on any atom is -0.504 e. The van der Waals surface area contributed by atoms with Crippen molar-refractivity contribution in [2.24, 2.45) is 16.5 Å². The summed E-state index contributed by atoms with van der Waals surface area (Å²) in [5.41, 5.74) is 10.3. The second kappa shape index (κ2) is 5.13. The van der Waals surface area contributed by atoms with E-state index < -0.39 is 29.5 Å². The molecule has 7 N–H and O–H groups in total. The van der Waals surface area contributed by atoms with Crippen molar-refractivity contribution in [3.8, 4) is 17.2 Å². The van der Waals surface area contributed by atoms with Crippen LogP contribution in [0.5, 0.6) is 17.2 Å². The average Bonchev–Trinajstić information content (AvgIpc) is 2.24. The number of nitrogens with two attached hydrogens (primary N) is 2. The zero-order chi connectivity index (χ0) is 13.9. The fraction of sp³-hybridized carbons (Fsp3) is 0.200. The van der Waals surface area contributed by atoms with Gasteiger partial charge < -0.3 is 31.5 Å². The molecule has 1 rings (SSSR count). The Balaban J connectivity index is 3.31. The molecule has 8 nitrogen and oxygen atoms in total. The molecule has 1 aromatic carbocycles. The number of hydrogen-bond donors (Lipinski definition) is 5. The Morgan fingerprint density at radius 3 is 2.17 bits per heavy atom. The van der Waals surface area contributed by atoms with Gasteiger partial charge in [0.25, 0.3) is 0 Å². The van der Waals surface area contributed by atoms with Crippen molar-refractivity contribution >= 4 is 11.9 Å². The summed E-state index contributed by atoms with van der Waals surface area (Å²) in [6, 6.07) is 0.783. The van der Waals surface area contributed by atoms with Gasteiger partial charge in [-0.3, -0.25) is 0 Å². The highest BCUT2D eigenvalue weighted by molar-refractivity contribution is 5.83. The summed E-state index contributed by atoms with van der Waals surface area (Å²) >= 11 is 0. The Morgan fingerprint density at radius 1 is 1.33 bits per heavy atom. The van der Waals surface area contributed by atoms with E-state index in [2.05, 4.69) is 4.99 Å². The van der Waals surface area contributed by atoms with Crippen LogP contribution in [0, 0.1) is 0 Å². The molecule has 0 aliphatic carbocycles. The Labute approximate surface area is 102 Å². The summed E-state index contributed by atoms with van der Waals surface area (Å²) in [4.78, 5) is 14.5. The first-order chi connectivity index (χ1) is 8.36. The maximum Gasteiger partial charge on any atom is 0.333 e. The lowest BCUT2D eigenvalue weighted by Crippen LogP contribution is -2.25. The summed E-state index contributed by atoms with van der Waals surface area (Å²) in [6.07, 6.45) is 0. The summed E-state index contributed by atoms with van der Waals surface area (Å²) in [5, 5.41) is 28.1. The van der Waals surface area contributed by atoms with Crippen molar-refractivity contribution in [3.63, 3.8) is 0 Å². The number of carboxylic acid groups (broad SMARTS) is 1. The van der Waals surface area contributed by atoms with Crippen molar-refractivity contribution < 1.29 is 24.9 Å². The molecule has 18 heavy (non-hydrogen) atoms. The Morgan fingerprint density at radius 2 is 1.83 bits per heavy atom. The second-order valence-corrected chi connectivity index (χ2v) is 3.39. The molecule has 98 valence electrons. The normalized spacial score (nSPS) is 11.6. The molecule has 0 aromatic heterocycles. The lowest BCUT2D eigenvalue weighted by molar-refractivity contribution is -0.138. The SMILES string of the molecule is COc1c(O)cc([C@H](N=C(N)N)C(=O)O)cc1O. The lowest BCUT2D eigenvalue weighted by atomic mass is 10.1. The summed E-state index contributed by atoms with van der Waals surface area (Å²) in [7, 11) is 1.25. The Hall–Kier alpha value is -2.64. The molecule has 0 fully saturated rings. The van der Waals surface area contributed by atoms with Crippen molar-refractivity contribution in [2.45, 2.75) is 6.04 Å². The zero-order valence-electron chi connectivity index (χ0n) is 9.49. The average molecular weight is 255 g/mol. The third kappa shape index (κ3) is 2.73. The number of methoxy groups -OCH3 is 1. The molecule has 0 aliphatic rings. The predicted molar refractivity (Wildman–Crippen MR) is 62.5 cm³/mol.